The molecule has 0 bridgehead atoms. The summed E-state index contributed by atoms with van der Waals surface area (Å²) in [4.78, 5) is 2.38. The van der Waals surface area contributed by atoms with Crippen molar-refractivity contribution in [2.75, 3.05) is 25.4 Å². The second-order valence-corrected chi connectivity index (χ2v) is 7.65. The smallest absolute Gasteiger partial charge is 0.216 e. The molecule has 4 nitrogen and oxygen atoms in total. The molecule has 0 spiro atoms. The van der Waals surface area contributed by atoms with Crippen LogP contribution >= 0.6 is 0 Å². The molecule has 3 fully saturated rings. The largest absolute Gasteiger partial charge is 0.298 e. The average molecular weight is 258 g/mol. The summed E-state index contributed by atoms with van der Waals surface area (Å²) < 4.78 is 26.3. The predicted molar refractivity (Wildman–Crippen MR) is 67.3 cm³/mol. The summed E-state index contributed by atoms with van der Waals surface area (Å²) in [7, 11) is -2.97. The second-order valence-electron chi connectivity index (χ2n) is 5.68. The van der Waals surface area contributed by atoms with Crippen molar-refractivity contribution in [3.8, 4) is 0 Å². The van der Waals surface area contributed by atoms with E-state index in [1.54, 1.807) is 0 Å². The van der Waals surface area contributed by atoms with Crippen LogP contribution in [0.15, 0.2) is 0 Å². The lowest BCUT2D eigenvalue weighted by molar-refractivity contribution is 0.225. The Morgan fingerprint density at radius 3 is 2.18 bits per heavy atom. The van der Waals surface area contributed by atoms with E-state index in [0.717, 1.165) is 32.5 Å². The highest BCUT2D eigenvalue weighted by molar-refractivity contribution is 7.89. The van der Waals surface area contributed by atoms with Gasteiger partial charge in [-0.3, -0.25) is 4.90 Å². The first-order chi connectivity index (χ1) is 8.17. The Bertz CT molecular complexity index is 370. The Balaban J connectivity index is 1.72. The van der Waals surface area contributed by atoms with Crippen LogP contribution in [0.1, 0.15) is 38.5 Å². The molecular weight excluding hydrogens is 236 g/mol. The lowest BCUT2D eigenvalue weighted by Gasteiger charge is -2.24. The van der Waals surface area contributed by atoms with Gasteiger partial charge >= 0.3 is 0 Å². The Morgan fingerprint density at radius 2 is 1.53 bits per heavy atom. The van der Waals surface area contributed by atoms with Gasteiger partial charge in [0.1, 0.15) is 0 Å². The number of hydrogen-bond donors (Lipinski definition) is 0. The highest BCUT2D eigenvalue weighted by Crippen LogP contribution is 2.31. The van der Waals surface area contributed by atoms with Crippen LogP contribution in [0.25, 0.3) is 0 Å². The van der Waals surface area contributed by atoms with E-state index in [1.165, 1.54) is 25.7 Å². The van der Waals surface area contributed by atoms with Crippen molar-refractivity contribution in [2.24, 2.45) is 0 Å². The molecule has 17 heavy (non-hydrogen) atoms. The Kier molecular flexibility index (Phi) is 3.17. The van der Waals surface area contributed by atoms with Gasteiger partial charge in [0.15, 0.2) is 0 Å². The van der Waals surface area contributed by atoms with E-state index in [9.17, 15) is 8.42 Å². The molecule has 0 amide bonds. The van der Waals surface area contributed by atoms with Gasteiger partial charge in [-0.2, -0.15) is 4.31 Å². The minimum atomic E-state index is -2.97. The van der Waals surface area contributed by atoms with Crippen LogP contribution in [-0.2, 0) is 10.0 Å². The molecule has 0 radical (unpaired) electrons. The molecule has 0 aromatic carbocycles. The van der Waals surface area contributed by atoms with E-state index in [-0.39, 0.29) is 6.04 Å². The van der Waals surface area contributed by atoms with Crippen LogP contribution in [0.5, 0.6) is 0 Å². The van der Waals surface area contributed by atoms with Crippen molar-refractivity contribution in [2.45, 2.75) is 50.6 Å². The minimum absolute atomic E-state index is 0.267. The van der Waals surface area contributed by atoms with Crippen molar-refractivity contribution >= 4 is 10.0 Å². The average Bonchev–Trinajstić information content (AvgIpc) is 2.94. The molecule has 0 aromatic heterocycles. The SMILES string of the molecule is O=S1(=O)CC(N2CCCC2)CN1C1CCCC1. The molecular formula is C12H22N2O2S. The van der Waals surface area contributed by atoms with Crippen molar-refractivity contribution in [3.05, 3.63) is 0 Å². The highest BCUT2D eigenvalue weighted by Gasteiger charge is 2.43. The first-order valence-electron chi connectivity index (χ1n) is 6.90. The van der Waals surface area contributed by atoms with E-state index in [4.69, 9.17) is 0 Å². The third-order valence-corrected chi connectivity index (χ3v) is 6.51. The van der Waals surface area contributed by atoms with Crippen molar-refractivity contribution in [3.63, 3.8) is 0 Å². The van der Waals surface area contributed by atoms with Crippen LogP contribution in [-0.4, -0.2) is 55.1 Å². The second kappa shape index (κ2) is 4.52. The molecule has 2 aliphatic heterocycles. The van der Waals surface area contributed by atoms with E-state index in [2.05, 4.69) is 4.90 Å². The predicted octanol–water partition coefficient (Wildman–Crippen LogP) is 1.04. The molecule has 1 aliphatic carbocycles. The number of likely N-dealkylation sites (tertiary alicyclic amines) is 1. The van der Waals surface area contributed by atoms with Gasteiger partial charge in [0.25, 0.3) is 0 Å². The standard InChI is InChI=1S/C12H22N2O2S/c15-17(16)10-12(13-7-3-4-8-13)9-14(17)11-5-1-2-6-11/h11-12H,1-10H2. The number of hydrogen-bond acceptors (Lipinski definition) is 3. The maximum Gasteiger partial charge on any atom is 0.216 e. The van der Waals surface area contributed by atoms with Crippen LogP contribution in [0.4, 0.5) is 0 Å². The van der Waals surface area contributed by atoms with Crippen molar-refractivity contribution in [1.82, 2.24) is 9.21 Å². The molecule has 0 N–H and O–H groups in total. The lowest BCUT2D eigenvalue weighted by atomic mass is 10.2. The van der Waals surface area contributed by atoms with Crippen LogP contribution in [0.2, 0.25) is 0 Å². The Hall–Kier alpha value is -0.130. The fraction of sp³-hybridized carbons (Fsp3) is 1.00. The fourth-order valence-corrected chi connectivity index (χ4v) is 5.67. The van der Waals surface area contributed by atoms with Crippen LogP contribution in [0.3, 0.4) is 0 Å². The zero-order valence-electron chi connectivity index (χ0n) is 10.3. The van der Waals surface area contributed by atoms with Crippen molar-refractivity contribution < 1.29 is 8.42 Å². The third kappa shape index (κ3) is 2.25. The molecule has 1 saturated carbocycles. The topological polar surface area (TPSA) is 40.6 Å². The van der Waals surface area contributed by atoms with Gasteiger partial charge in [0, 0.05) is 18.6 Å². The highest BCUT2D eigenvalue weighted by atomic mass is 32.2. The number of rotatable bonds is 2. The first kappa shape index (κ1) is 11.9. The Labute approximate surface area is 104 Å². The van der Waals surface area contributed by atoms with Gasteiger partial charge < -0.3 is 0 Å². The zero-order chi connectivity index (χ0) is 11.9. The quantitative estimate of drug-likeness (QED) is 0.743. The van der Waals surface area contributed by atoms with Crippen molar-refractivity contribution in [1.29, 1.82) is 0 Å². The third-order valence-electron chi connectivity index (χ3n) is 4.54. The molecule has 2 saturated heterocycles. The molecule has 5 heteroatoms. The van der Waals surface area contributed by atoms with Gasteiger partial charge in [0.05, 0.1) is 5.75 Å². The normalized spacial score (nSPS) is 35.9. The summed E-state index contributed by atoms with van der Waals surface area (Å²) in [6.45, 7) is 2.95. The fourth-order valence-electron chi connectivity index (χ4n) is 3.61. The molecule has 2 heterocycles. The lowest BCUT2D eigenvalue weighted by Crippen LogP contribution is -2.39. The van der Waals surface area contributed by atoms with E-state index in [0.29, 0.717) is 11.8 Å². The van der Waals surface area contributed by atoms with Gasteiger partial charge in [0.2, 0.25) is 10.0 Å². The summed E-state index contributed by atoms with van der Waals surface area (Å²) in [6, 6.07) is 0.579. The van der Waals surface area contributed by atoms with Gasteiger partial charge in [-0.15, -0.1) is 0 Å². The van der Waals surface area contributed by atoms with Gasteiger partial charge in [-0.25, -0.2) is 8.42 Å². The Morgan fingerprint density at radius 1 is 0.882 bits per heavy atom. The molecule has 1 unspecified atom stereocenters. The molecule has 3 aliphatic rings. The maximum absolute atomic E-state index is 12.2. The van der Waals surface area contributed by atoms with E-state index in [1.807, 2.05) is 4.31 Å². The monoisotopic (exact) mass is 258 g/mol. The number of nitrogens with zero attached hydrogens (tertiary/aromatic N) is 2. The molecule has 1 atom stereocenters. The first-order valence-corrected chi connectivity index (χ1v) is 8.51. The zero-order valence-corrected chi connectivity index (χ0v) is 11.2. The van der Waals surface area contributed by atoms with Crippen LogP contribution < -0.4 is 0 Å². The molecule has 0 aromatic rings. The summed E-state index contributed by atoms with van der Waals surface area (Å²) in [5, 5.41) is 0. The summed E-state index contributed by atoms with van der Waals surface area (Å²) in [6.07, 6.45) is 7.02. The summed E-state index contributed by atoms with van der Waals surface area (Å²) in [5.41, 5.74) is 0. The molecule has 98 valence electrons. The molecule has 3 rings (SSSR count). The van der Waals surface area contributed by atoms with Crippen LogP contribution in [0, 0.1) is 0 Å². The minimum Gasteiger partial charge on any atom is -0.298 e. The summed E-state index contributed by atoms with van der Waals surface area (Å²) in [5.74, 6) is 0.365. The van der Waals surface area contributed by atoms with Gasteiger partial charge in [-0.05, 0) is 38.8 Å². The maximum atomic E-state index is 12.2. The number of sulfonamides is 1. The van der Waals surface area contributed by atoms with E-state index >= 15 is 0 Å². The summed E-state index contributed by atoms with van der Waals surface area (Å²) >= 11 is 0. The van der Waals surface area contributed by atoms with Gasteiger partial charge in [-0.1, -0.05) is 12.8 Å². The van der Waals surface area contributed by atoms with E-state index < -0.39 is 10.0 Å².